The summed E-state index contributed by atoms with van der Waals surface area (Å²) in [5, 5.41) is 16.9. The van der Waals surface area contributed by atoms with Crippen LogP contribution in [0, 0.1) is 29.1 Å². The summed E-state index contributed by atoms with van der Waals surface area (Å²) in [6.45, 7) is 0.283. The fourth-order valence-corrected chi connectivity index (χ4v) is 3.65. The number of carbonyl (C=O) groups is 2. The molecule has 3 rings (SSSR count). The van der Waals surface area contributed by atoms with Crippen LogP contribution in [0.4, 0.5) is 27.6 Å². The monoisotopic (exact) mass is 537 g/mol. The van der Waals surface area contributed by atoms with E-state index in [1.165, 1.54) is 12.1 Å². The van der Waals surface area contributed by atoms with Crippen molar-refractivity contribution in [2.45, 2.75) is 26.1 Å². The molecule has 1 unspecified atom stereocenters. The lowest BCUT2D eigenvalue weighted by Gasteiger charge is -2.19. The summed E-state index contributed by atoms with van der Waals surface area (Å²) in [7, 11) is 1.60. The maximum absolute atomic E-state index is 14.4. The van der Waals surface area contributed by atoms with Crippen molar-refractivity contribution in [3.05, 3.63) is 93.8 Å². The van der Waals surface area contributed by atoms with E-state index >= 15 is 0 Å². The maximum Gasteiger partial charge on any atom is 0.341 e. The molecule has 0 aliphatic rings. The van der Waals surface area contributed by atoms with Gasteiger partial charge in [0.05, 0.1) is 0 Å². The second kappa shape index (κ2) is 12.4. The van der Waals surface area contributed by atoms with Crippen molar-refractivity contribution < 1.29 is 41.4 Å². The molecule has 0 saturated heterocycles. The normalized spacial score (nSPS) is 11.7. The fraction of sp³-hybridized carbons (Fsp3) is 0.231. The van der Waals surface area contributed by atoms with Crippen LogP contribution in [-0.2, 0) is 17.9 Å². The number of nitrogens with one attached hydrogen (secondary N) is 3. The Kier molecular flexibility index (Phi) is 9.24. The Morgan fingerprint density at radius 1 is 0.895 bits per heavy atom. The molecule has 7 nitrogen and oxygen atoms in total. The second-order valence-electron chi connectivity index (χ2n) is 8.23. The number of hydrogen-bond acceptors (Lipinski definition) is 5. The number of rotatable bonds is 11. The first-order valence-corrected chi connectivity index (χ1v) is 11.3. The van der Waals surface area contributed by atoms with Crippen LogP contribution in [0.3, 0.4) is 0 Å². The maximum atomic E-state index is 14.4. The Labute approximate surface area is 214 Å². The lowest BCUT2D eigenvalue weighted by atomic mass is 10.0. The van der Waals surface area contributed by atoms with Crippen LogP contribution in [0.1, 0.15) is 40.0 Å². The van der Waals surface area contributed by atoms with E-state index in [9.17, 15) is 31.5 Å². The number of benzene rings is 3. The molecule has 0 spiro atoms. The number of ether oxygens (including phenoxy) is 1. The Morgan fingerprint density at radius 2 is 1.47 bits per heavy atom. The molecule has 0 fully saturated rings. The number of aliphatic carboxylic acids is 1. The lowest BCUT2D eigenvalue weighted by molar-refractivity contribution is -0.139. The molecule has 4 N–H and O–H groups in total. The lowest BCUT2D eigenvalue weighted by Crippen LogP contribution is -2.25. The largest absolute Gasteiger partial charge is 0.482 e. The van der Waals surface area contributed by atoms with Gasteiger partial charge in [0.15, 0.2) is 6.61 Å². The molecule has 0 aromatic heterocycles. The molecule has 0 aliphatic heterocycles. The minimum absolute atomic E-state index is 0.169. The topological polar surface area (TPSA) is 99.7 Å². The molecule has 3 aromatic rings. The third-order valence-electron chi connectivity index (χ3n) is 5.64. The Bertz CT molecular complexity index is 1310. The van der Waals surface area contributed by atoms with Crippen LogP contribution in [0.25, 0.3) is 0 Å². The molecule has 1 atom stereocenters. The summed E-state index contributed by atoms with van der Waals surface area (Å²) in [6.07, 6.45) is 0. The molecule has 12 heteroatoms. The molecule has 0 saturated carbocycles. The number of hydrogen-bond donors (Lipinski definition) is 4. The van der Waals surface area contributed by atoms with Gasteiger partial charge in [-0.1, -0.05) is 6.07 Å². The van der Waals surface area contributed by atoms with Crippen molar-refractivity contribution >= 4 is 17.6 Å². The van der Waals surface area contributed by atoms with Gasteiger partial charge >= 0.3 is 5.97 Å². The van der Waals surface area contributed by atoms with E-state index in [4.69, 9.17) is 9.84 Å². The molecule has 0 aliphatic carbocycles. The highest BCUT2D eigenvalue weighted by molar-refractivity contribution is 5.95. The van der Waals surface area contributed by atoms with Crippen LogP contribution >= 0.6 is 0 Å². The van der Waals surface area contributed by atoms with E-state index < -0.39 is 65.7 Å². The first-order valence-electron chi connectivity index (χ1n) is 11.3. The van der Waals surface area contributed by atoms with Gasteiger partial charge in [0.25, 0.3) is 5.91 Å². The zero-order valence-corrected chi connectivity index (χ0v) is 20.3. The smallest absolute Gasteiger partial charge is 0.341 e. The van der Waals surface area contributed by atoms with Gasteiger partial charge in [-0.25, -0.2) is 26.7 Å². The number of carboxylic acids is 1. The van der Waals surface area contributed by atoms with E-state index in [1.54, 1.807) is 20.0 Å². The van der Waals surface area contributed by atoms with Crippen molar-refractivity contribution in [1.29, 1.82) is 0 Å². The minimum atomic E-state index is -1.29. The highest BCUT2D eigenvalue weighted by atomic mass is 19.2. The molecular formula is C26H24F5N3O4. The number of amides is 1. The van der Waals surface area contributed by atoms with E-state index in [0.717, 1.165) is 12.1 Å². The van der Waals surface area contributed by atoms with Crippen LogP contribution < -0.4 is 20.7 Å². The summed E-state index contributed by atoms with van der Waals surface area (Å²) in [5.74, 6) is -7.32. The summed E-state index contributed by atoms with van der Waals surface area (Å²) >= 11 is 0. The average Bonchev–Trinajstić information content (AvgIpc) is 2.85. The molecule has 3 aromatic carbocycles. The van der Waals surface area contributed by atoms with E-state index in [-0.39, 0.29) is 23.4 Å². The number of anilines is 1. The first-order chi connectivity index (χ1) is 18.0. The summed E-state index contributed by atoms with van der Waals surface area (Å²) < 4.78 is 74.4. The van der Waals surface area contributed by atoms with Crippen LogP contribution in [0.5, 0.6) is 5.75 Å². The fourth-order valence-electron chi connectivity index (χ4n) is 3.65. The van der Waals surface area contributed by atoms with Crippen molar-refractivity contribution in [3.8, 4) is 5.75 Å². The molecule has 38 heavy (non-hydrogen) atoms. The zero-order valence-electron chi connectivity index (χ0n) is 20.3. The van der Waals surface area contributed by atoms with Crippen LogP contribution in [0.2, 0.25) is 0 Å². The van der Waals surface area contributed by atoms with Crippen LogP contribution in [-0.4, -0.2) is 30.6 Å². The van der Waals surface area contributed by atoms with Gasteiger partial charge in [-0.05, 0) is 24.6 Å². The highest BCUT2D eigenvalue weighted by Gasteiger charge is 2.18. The quantitative estimate of drug-likeness (QED) is 0.266. The van der Waals surface area contributed by atoms with Crippen molar-refractivity contribution in [2.24, 2.45) is 0 Å². The van der Waals surface area contributed by atoms with Crippen molar-refractivity contribution in [3.63, 3.8) is 0 Å². The molecule has 202 valence electrons. The van der Waals surface area contributed by atoms with E-state index in [1.807, 2.05) is 0 Å². The number of carbonyl (C=O) groups excluding carboxylic acids is 1. The third kappa shape index (κ3) is 6.97. The van der Waals surface area contributed by atoms with Gasteiger partial charge in [-0.15, -0.1) is 0 Å². The minimum Gasteiger partial charge on any atom is -0.482 e. The highest BCUT2D eigenvalue weighted by Crippen LogP contribution is 2.26. The van der Waals surface area contributed by atoms with Gasteiger partial charge in [-0.3, -0.25) is 4.79 Å². The number of carboxylic acid groups (broad SMARTS) is 1. The molecule has 0 radical (unpaired) electrons. The van der Waals surface area contributed by atoms with Gasteiger partial charge in [0.2, 0.25) is 0 Å². The Morgan fingerprint density at radius 3 is 2.05 bits per heavy atom. The second-order valence-corrected chi connectivity index (χ2v) is 8.23. The first kappa shape index (κ1) is 28.4. The molecule has 0 heterocycles. The van der Waals surface area contributed by atoms with Gasteiger partial charge in [0.1, 0.15) is 34.8 Å². The molecule has 0 bridgehead atoms. The van der Waals surface area contributed by atoms with E-state index in [2.05, 4.69) is 16.0 Å². The van der Waals surface area contributed by atoms with Gasteiger partial charge < -0.3 is 25.8 Å². The van der Waals surface area contributed by atoms with E-state index in [0.29, 0.717) is 23.4 Å². The Balaban J connectivity index is 1.68. The SMILES string of the molecule is CNc1cc(C(=O)NCc2c(F)cc(F)cc2F)ccc1C(C)NCc1c(F)cc(OCC(=O)O)cc1F. The summed E-state index contributed by atoms with van der Waals surface area (Å²) in [5.41, 5.74) is 0.574. The summed E-state index contributed by atoms with van der Waals surface area (Å²) in [6, 6.07) is 6.95. The molecule has 1 amide bonds. The third-order valence-corrected chi connectivity index (χ3v) is 5.64. The van der Waals surface area contributed by atoms with Gasteiger partial charge in [0, 0.05) is 72.8 Å². The number of halogens is 5. The average molecular weight is 537 g/mol. The zero-order chi connectivity index (χ0) is 28.0. The standard InChI is InChI=1S/C26H24F5N3O4/c1-13(33-10-18-22(30)8-16(9-23(18)31)38-12-25(35)36)17-4-3-14(5-24(17)32-2)26(37)34-11-19-20(28)6-15(27)7-21(19)29/h3-9,13,32-33H,10-12H2,1-2H3,(H,34,37)(H,35,36). The van der Waals surface area contributed by atoms with Crippen molar-refractivity contribution in [1.82, 2.24) is 10.6 Å². The van der Waals surface area contributed by atoms with Crippen molar-refractivity contribution in [2.75, 3.05) is 19.0 Å². The molecular weight excluding hydrogens is 513 g/mol. The summed E-state index contributed by atoms with van der Waals surface area (Å²) in [4.78, 5) is 23.1. The Hall–Kier alpha value is -4.19. The predicted octanol–water partition coefficient (Wildman–Crippen LogP) is 4.67. The predicted molar refractivity (Wildman–Crippen MR) is 128 cm³/mol. The van der Waals surface area contributed by atoms with Gasteiger partial charge in [-0.2, -0.15) is 0 Å². The van der Waals surface area contributed by atoms with Crippen LogP contribution in [0.15, 0.2) is 42.5 Å².